The third kappa shape index (κ3) is 4.39. The summed E-state index contributed by atoms with van der Waals surface area (Å²) in [5.74, 6) is 0.643. The van der Waals surface area contributed by atoms with Crippen LogP contribution in [-0.4, -0.2) is 15.0 Å². The van der Waals surface area contributed by atoms with Gasteiger partial charge in [0.25, 0.3) is 0 Å². The summed E-state index contributed by atoms with van der Waals surface area (Å²) in [6.07, 6.45) is 0. The molecule has 0 aliphatic rings. The van der Waals surface area contributed by atoms with Crippen molar-refractivity contribution in [1.29, 1.82) is 0 Å². The van der Waals surface area contributed by atoms with Gasteiger partial charge in [0, 0.05) is 60.0 Å². The molecule has 0 aliphatic heterocycles. The fraction of sp³-hybridized carbons (Fsp3) is 0. The van der Waals surface area contributed by atoms with Crippen molar-refractivity contribution in [3.8, 4) is 45.2 Å². The molecule has 11 aromatic rings. The molecule has 4 heterocycles. The second-order valence-corrected chi connectivity index (χ2v) is 13.1. The molecule has 242 valence electrons. The Morgan fingerprint density at radius 2 is 1.04 bits per heavy atom. The first-order valence-corrected chi connectivity index (χ1v) is 17.4. The molecule has 7 aromatic carbocycles. The van der Waals surface area contributed by atoms with E-state index in [-0.39, 0.29) is 0 Å². The SMILES string of the molecule is c1ccc(-c2nc(-c3ccc4c(c3)nc(-c3ccccc3)c3ccc5oc6ccccc6c5c34)cc(-c3cccc4c3oc3ccccc34)n2)cc1. The van der Waals surface area contributed by atoms with Crippen LogP contribution in [0.1, 0.15) is 0 Å². The average Bonchev–Trinajstić information content (AvgIpc) is 3.79. The average molecular weight is 666 g/mol. The van der Waals surface area contributed by atoms with E-state index in [4.69, 9.17) is 23.8 Å². The van der Waals surface area contributed by atoms with E-state index in [1.807, 2.05) is 66.7 Å². The van der Waals surface area contributed by atoms with Gasteiger partial charge in [-0.25, -0.2) is 15.0 Å². The normalized spacial score (nSPS) is 11.8. The number of aromatic nitrogens is 3. The van der Waals surface area contributed by atoms with Gasteiger partial charge in [0.15, 0.2) is 5.82 Å². The van der Waals surface area contributed by atoms with Gasteiger partial charge in [-0.1, -0.05) is 121 Å². The predicted molar refractivity (Wildman–Crippen MR) is 211 cm³/mol. The Morgan fingerprint density at radius 1 is 0.365 bits per heavy atom. The maximum Gasteiger partial charge on any atom is 0.160 e. The monoisotopic (exact) mass is 665 g/mol. The molecule has 0 fully saturated rings. The zero-order chi connectivity index (χ0) is 34.2. The number of benzene rings is 7. The third-order valence-electron chi connectivity index (χ3n) is 10.1. The first kappa shape index (κ1) is 28.7. The Bertz CT molecular complexity index is 3180. The number of hydrogen-bond donors (Lipinski definition) is 0. The van der Waals surface area contributed by atoms with Crippen LogP contribution in [0.3, 0.4) is 0 Å². The summed E-state index contributed by atoms with van der Waals surface area (Å²) in [7, 11) is 0. The van der Waals surface area contributed by atoms with E-state index >= 15 is 0 Å². The van der Waals surface area contributed by atoms with Crippen molar-refractivity contribution >= 4 is 65.6 Å². The van der Waals surface area contributed by atoms with Crippen LogP contribution in [-0.2, 0) is 0 Å². The molecule has 5 nitrogen and oxygen atoms in total. The minimum absolute atomic E-state index is 0.643. The Balaban J connectivity index is 1.19. The van der Waals surface area contributed by atoms with E-state index in [1.165, 1.54) is 0 Å². The molecular weight excluding hydrogens is 639 g/mol. The summed E-state index contributed by atoms with van der Waals surface area (Å²) in [6, 6.07) is 56.0. The van der Waals surface area contributed by atoms with Gasteiger partial charge in [-0.2, -0.15) is 0 Å². The van der Waals surface area contributed by atoms with Gasteiger partial charge in [0.1, 0.15) is 22.3 Å². The van der Waals surface area contributed by atoms with E-state index in [0.717, 1.165) is 105 Å². The highest BCUT2D eigenvalue weighted by Crippen LogP contribution is 2.42. The molecule has 5 heteroatoms. The summed E-state index contributed by atoms with van der Waals surface area (Å²) in [4.78, 5) is 15.7. The first-order valence-electron chi connectivity index (χ1n) is 17.4. The summed E-state index contributed by atoms with van der Waals surface area (Å²) in [5.41, 5.74) is 10.6. The van der Waals surface area contributed by atoms with Gasteiger partial charge < -0.3 is 8.83 Å². The minimum Gasteiger partial charge on any atom is -0.456 e. The van der Waals surface area contributed by atoms with Gasteiger partial charge in [0.05, 0.1) is 22.6 Å². The van der Waals surface area contributed by atoms with Crippen LogP contribution in [0.15, 0.2) is 173 Å². The van der Waals surface area contributed by atoms with Crippen LogP contribution in [0.2, 0.25) is 0 Å². The number of nitrogens with zero attached hydrogens (tertiary/aromatic N) is 3. The molecular formula is C47H27N3O2. The van der Waals surface area contributed by atoms with Crippen LogP contribution in [0.4, 0.5) is 0 Å². The second-order valence-electron chi connectivity index (χ2n) is 13.1. The number of furan rings is 2. The maximum absolute atomic E-state index is 6.46. The highest BCUT2D eigenvalue weighted by Gasteiger charge is 2.20. The van der Waals surface area contributed by atoms with Crippen LogP contribution in [0, 0.1) is 0 Å². The number of rotatable bonds is 4. The topological polar surface area (TPSA) is 65.0 Å². The van der Waals surface area contributed by atoms with Crippen molar-refractivity contribution in [2.45, 2.75) is 0 Å². The van der Waals surface area contributed by atoms with Crippen LogP contribution >= 0.6 is 0 Å². The van der Waals surface area contributed by atoms with Crippen LogP contribution in [0.25, 0.3) is 111 Å². The molecule has 4 aromatic heterocycles. The van der Waals surface area contributed by atoms with Crippen LogP contribution < -0.4 is 0 Å². The van der Waals surface area contributed by atoms with Crippen molar-refractivity contribution in [3.05, 3.63) is 164 Å². The van der Waals surface area contributed by atoms with Crippen molar-refractivity contribution in [3.63, 3.8) is 0 Å². The molecule has 0 saturated heterocycles. The summed E-state index contributed by atoms with van der Waals surface area (Å²) in [6.45, 7) is 0. The molecule has 0 bridgehead atoms. The lowest BCUT2D eigenvalue weighted by Gasteiger charge is -2.13. The van der Waals surface area contributed by atoms with Crippen molar-refractivity contribution in [2.24, 2.45) is 0 Å². The summed E-state index contributed by atoms with van der Waals surface area (Å²) < 4.78 is 12.8. The first-order chi connectivity index (χ1) is 25.8. The van der Waals surface area contributed by atoms with Crippen LogP contribution in [0.5, 0.6) is 0 Å². The molecule has 52 heavy (non-hydrogen) atoms. The number of pyridine rings is 1. The lowest BCUT2D eigenvalue weighted by molar-refractivity contribution is 0.669. The highest BCUT2D eigenvalue weighted by molar-refractivity contribution is 6.28. The molecule has 0 N–H and O–H groups in total. The third-order valence-corrected chi connectivity index (χ3v) is 10.1. The second kappa shape index (κ2) is 11.2. The largest absolute Gasteiger partial charge is 0.456 e. The Kier molecular flexibility index (Phi) is 6.18. The van der Waals surface area contributed by atoms with E-state index in [0.29, 0.717) is 5.82 Å². The van der Waals surface area contributed by atoms with Crippen molar-refractivity contribution < 1.29 is 8.83 Å². The zero-order valence-corrected chi connectivity index (χ0v) is 27.7. The van der Waals surface area contributed by atoms with Crippen molar-refractivity contribution in [1.82, 2.24) is 15.0 Å². The smallest absolute Gasteiger partial charge is 0.160 e. The number of fused-ring (bicyclic) bond motifs is 10. The lowest BCUT2D eigenvalue weighted by Crippen LogP contribution is -1.97. The molecule has 0 aliphatic carbocycles. The molecule has 0 saturated carbocycles. The molecule has 0 atom stereocenters. The summed E-state index contributed by atoms with van der Waals surface area (Å²) >= 11 is 0. The van der Waals surface area contributed by atoms with E-state index < -0.39 is 0 Å². The minimum atomic E-state index is 0.643. The highest BCUT2D eigenvalue weighted by atomic mass is 16.3. The number of hydrogen-bond acceptors (Lipinski definition) is 5. The van der Waals surface area contributed by atoms with Crippen molar-refractivity contribution in [2.75, 3.05) is 0 Å². The molecule has 0 spiro atoms. The van der Waals surface area contributed by atoms with E-state index in [9.17, 15) is 0 Å². The van der Waals surface area contributed by atoms with Gasteiger partial charge in [-0.15, -0.1) is 0 Å². The van der Waals surface area contributed by atoms with E-state index in [2.05, 4.69) is 97.1 Å². The predicted octanol–water partition coefficient (Wildman–Crippen LogP) is 12.6. The van der Waals surface area contributed by atoms with E-state index in [1.54, 1.807) is 0 Å². The summed E-state index contributed by atoms with van der Waals surface area (Å²) in [5, 5.41) is 7.59. The molecule has 0 unspecified atom stereocenters. The standard InChI is InChI=1S/C47H27N3O2/c1-3-12-28(13-4-1)45-36-24-25-42-44(35-17-8-10-21-41(35)51-42)43(36)33-23-22-30(26-38(33)48-45)37-27-39(50-47(49-37)29-14-5-2-6-15-29)34-19-11-18-32-31-16-7-9-20-40(31)52-46(32)34/h1-27H. The maximum atomic E-state index is 6.46. The lowest BCUT2D eigenvalue weighted by atomic mass is 9.95. The quantitative estimate of drug-likeness (QED) is 0.175. The molecule has 0 radical (unpaired) electrons. The Labute approximate surface area is 297 Å². The zero-order valence-electron chi connectivity index (χ0n) is 27.7. The fourth-order valence-corrected chi connectivity index (χ4v) is 7.68. The fourth-order valence-electron chi connectivity index (χ4n) is 7.68. The van der Waals surface area contributed by atoms with Gasteiger partial charge in [0.2, 0.25) is 0 Å². The Hall–Kier alpha value is -7.11. The number of para-hydroxylation sites is 3. The Morgan fingerprint density at radius 3 is 1.87 bits per heavy atom. The molecule has 0 amide bonds. The van der Waals surface area contributed by atoms with Gasteiger partial charge >= 0.3 is 0 Å². The van der Waals surface area contributed by atoms with Gasteiger partial charge in [-0.3, -0.25) is 0 Å². The molecule has 11 rings (SSSR count). The van der Waals surface area contributed by atoms with Gasteiger partial charge in [-0.05, 0) is 42.5 Å².